The summed E-state index contributed by atoms with van der Waals surface area (Å²) in [6.07, 6.45) is 0.526. The van der Waals surface area contributed by atoms with Crippen molar-refractivity contribution in [2.24, 2.45) is 0 Å². The minimum Gasteiger partial charge on any atom is -0.496 e. The second kappa shape index (κ2) is 7.11. The number of nitrogens with zero attached hydrogens (tertiary/aromatic N) is 1. The van der Waals surface area contributed by atoms with Crippen LogP contribution in [0.2, 0.25) is 0 Å². The van der Waals surface area contributed by atoms with Crippen LogP contribution in [0.4, 0.5) is 4.79 Å². The maximum absolute atomic E-state index is 12.2. The number of hydrogen-bond acceptors (Lipinski definition) is 5. The van der Waals surface area contributed by atoms with Crippen molar-refractivity contribution < 1.29 is 23.8 Å². The molecule has 1 aliphatic rings. The number of ether oxygens (including phenoxy) is 3. The van der Waals surface area contributed by atoms with Crippen molar-refractivity contribution >= 4 is 12.1 Å². The second-order valence-electron chi connectivity index (χ2n) is 6.86. The maximum atomic E-state index is 12.2. The van der Waals surface area contributed by atoms with E-state index in [1.54, 1.807) is 17.0 Å². The van der Waals surface area contributed by atoms with Gasteiger partial charge in [-0.3, -0.25) is 0 Å². The van der Waals surface area contributed by atoms with E-state index in [9.17, 15) is 9.59 Å². The highest BCUT2D eigenvalue weighted by Crippen LogP contribution is 2.31. The summed E-state index contributed by atoms with van der Waals surface area (Å²) in [7, 11) is 2.86. The van der Waals surface area contributed by atoms with Gasteiger partial charge < -0.3 is 19.1 Å². The van der Waals surface area contributed by atoms with Gasteiger partial charge in [0.15, 0.2) is 0 Å². The summed E-state index contributed by atoms with van der Waals surface area (Å²) in [4.78, 5) is 25.8. The Bertz CT molecular complexity index is 620. The van der Waals surface area contributed by atoms with Gasteiger partial charge in [-0.25, -0.2) is 9.59 Å². The lowest BCUT2D eigenvalue weighted by atomic mass is 9.96. The predicted octanol–water partition coefficient (Wildman–Crippen LogP) is 3.21. The number of hydrogen-bond donors (Lipinski definition) is 0. The number of benzene rings is 1. The summed E-state index contributed by atoms with van der Waals surface area (Å²) >= 11 is 0. The van der Waals surface area contributed by atoms with Crippen LogP contribution in [-0.2, 0) is 9.47 Å². The molecule has 1 amide bonds. The van der Waals surface area contributed by atoms with Crippen LogP contribution in [0.15, 0.2) is 18.2 Å². The van der Waals surface area contributed by atoms with E-state index in [1.165, 1.54) is 14.2 Å². The van der Waals surface area contributed by atoms with E-state index < -0.39 is 11.6 Å². The Hall–Kier alpha value is -2.24. The number of likely N-dealkylation sites (tertiary alicyclic amines) is 1. The van der Waals surface area contributed by atoms with Gasteiger partial charge in [-0.15, -0.1) is 0 Å². The number of amides is 1. The Morgan fingerprint density at radius 3 is 2.50 bits per heavy atom. The Morgan fingerprint density at radius 1 is 1.21 bits per heavy atom. The largest absolute Gasteiger partial charge is 0.496 e. The van der Waals surface area contributed by atoms with Gasteiger partial charge in [-0.2, -0.15) is 0 Å². The van der Waals surface area contributed by atoms with Crippen molar-refractivity contribution in [1.82, 2.24) is 4.90 Å². The van der Waals surface area contributed by atoms with Gasteiger partial charge in [0.1, 0.15) is 16.9 Å². The fourth-order valence-corrected chi connectivity index (χ4v) is 2.77. The van der Waals surface area contributed by atoms with E-state index in [-0.39, 0.29) is 12.0 Å². The van der Waals surface area contributed by atoms with E-state index in [1.807, 2.05) is 26.8 Å². The summed E-state index contributed by atoms with van der Waals surface area (Å²) in [5.74, 6) is 0.204. The summed E-state index contributed by atoms with van der Waals surface area (Å²) < 4.78 is 15.4. The zero-order valence-corrected chi connectivity index (χ0v) is 14.9. The highest BCUT2D eigenvalue weighted by molar-refractivity contribution is 5.92. The number of carbonyl (C=O) groups excluding carboxylic acids is 2. The van der Waals surface area contributed by atoms with E-state index in [0.717, 1.165) is 12.0 Å². The Morgan fingerprint density at radius 2 is 1.92 bits per heavy atom. The molecule has 1 fully saturated rings. The zero-order valence-electron chi connectivity index (χ0n) is 14.9. The minimum absolute atomic E-state index is 0.159. The van der Waals surface area contributed by atoms with Crippen LogP contribution in [0.25, 0.3) is 0 Å². The molecule has 0 radical (unpaired) electrons. The molecule has 24 heavy (non-hydrogen) atoms. The topological polar surface area (TPSA) is 65.1 Å². The van der Waals surface area contributed by atoms with E-state index in [0.29, 0.717) is 24.4 Å². The van der Waals surface area contributed by atoms with Gasteiger partial charge in [0.25, 0.3) is 0 Å². The summed E-state index contributed by atoms with van der Waals surface area (Å²) in [6.45, 7) is 6.76. The van der Waals surface area contributed by atoms with Crippen LogP contribution in [-0.4, -0.2) is 49.9 Å². The van der Waals surface area contributed by atoms with Crippen LogP contribution in [0.1, 0.15) is 49.0 Å². The molecule has 132 valence electrons. The molecule has 6 heteroatoms. The first-order valence-electron chi connectivity index (χ1n) is 7.99. The fraction of sp³-hybridized carbons (Fsp3) is 0.556. The summed E-state index contributed by atoms with van der Waals surface area (Å²) in [6, 6.07) is 5.47. The SMILES string of the molecule is COC(=O)c1cc(C2CCN(C(=O)OC(C)(C)C)C2)ccc1OC. The molecule has 1 aromatic carbocycles. The molecular formula is C18H25NO5. The number of carbonyl (C=O) groups is 2. The Balaban J connectivity index is 2.13. The molecule has 1 aromatic rings. The van der Waals surface area contributed by atoms with Crippen molar-refractivity contribution in [3.05, 3.63) is 29.3 Å². The molecule has 0 saturated carbocycles. The van der Waals surface area contributed by atoms with Crippen molar-refractivity contribution in [3.63, 3.8) is 0 Å². The molecule has 1 aliphatic heterocycles. The van der Waals surface area contributed by atoms with Gasteiger partial charge in [-0.1, -0.05) is 6.07 Å². The van der Waals surface area contributed by atoms with E-state index in [2.05, 4.69) is 0 Å². The molecule has 6 nitrogen and oxygen atoms in total. The molecule has 0 spiro atoms. The quantitative estimate of drug-likeness (QED) is 0.794. The molecule has 1 atom stereocenters. The molecule has 0 aliphatic carbocycles. The second-order valence-corrected chi connectivity index (χ2v) is 6.86. The molecular weight excluding hydrogens is 310 g/mol. The maximum Gasteiger partial charge on any atom is 0.410 e. The molecule has 1 unspecified atom stereocenters. The standard InChI is InChI=1S/C18H25NO5/c1-18(2,3)24-17(21)19-9-8-13(11-19)12-6-7-15(22-4)14(10-12)16(20)23-5/h6-7,10,13H,8-9,11H2,1-5H3. The lowest BCUT2D eigenvalue weighted by Crippen LogP contribution is -2.35. The van der Waals surface area contributed by atoms with Gasteiger partial charge in [0.05, 0.1) is 14.2 Å². The molecule has 1 saturated heterocycles. The molecule has 2 rings (SSSR count). The fourth-order valence-electron chi connectivity index (χ4n) is 2.77. The van der Waals surface area contributed by atoms with Crippen molar-refractivity contribution in [3.8, 4) is 5.75 Å². The van der Waals surface area contributed by atoms with Crippen LogP contribution < -0.4 is 4.74 Å². The van der Waals surface area contributed by atoms with Crippen molar-refractivity contribution in [2.75, 3.05) is 27.3 Å². The van der Waals surface area contributed by atoms with Crippen LogP contribution >= 0.6 is 0 Å². The highest BCUT2D eigenvalue weighted by atomic mass is 16.6. The van der Waals surface area contributed by atoms with Crippen molar-refractivity contribution in [1.29, 1.82) is 0 Å². The predicted molar refractivity (Wildman–Crippen MR) is 89.5 cm³/mol. The molecule has 0 bridgehead atoms. The number of rotatable bonds is 3. The van der Waals surface area contributed by atoms with Crippen LogP contribution in [0, 0.1) is 0 Å². The molecule has 0 N–H and O–H groups in total. The lowest BCUT2D eigenvalue weighted by molar-refractivity contribution is 0.0292. The summed E-state index contributed by atoms with van der Waals surface area (Å²) in [5, 5.41) is 0. The monoisotopic (exact) mass is 335 g/mol. The highest BCUT2D eigenvalue weighted by Gasteiger charge is 2.31. The molecule has 0 aromatic heterocycles. The Kier molecular flexibility index (Phi) is 5.36. The average Bonchev–Trinajstić information content (AvgIpc) is 3.02. The molecule has 1 heterocycles. The van der Waals surface area contributed by atoms with Crippen molar-refractivity contribution in [2.45, 2.75) is 38.7 Å². The average molecular weight is 335 g/mol. The number of esters is 1. The van der Waals surface area contributed by atoms with E-state index in [4.69, 9.17) is 14.2 Å². The van der Waals surface area contributed by atoms with Crippen LogP contribution in [0.5, 0.6) is 5.75 Å². The van der Waals surface area contributed by atoms with Gasteiger partial charge in [0.2, 0.25) is 0 Å². The third kappa shape index (κ3) is 4.19. The number of methoxy groups -OCH3 is 2. The van der Waals surface area contributed by atoms with Gasteiger partial charge in [0, 0.05) is 19.0 Å². The third-order valence-corrected chi connectivity index (χ3v) is 3.94. The Labute approximate surface area is 142 Å². The van der Waals surface area contributed by atoms with E-state index >= 15 is 0 Å². The summed E-state index contributed by atoms with van der Waals surface area (Å²) in [5.41, 5.74) is 0.878. The first-order chi connectivity index (χ1) is 11.2. The van der Waals surface area contributed by atoms with Gasteiger partial charge in [-0.05, 0) is 44.9 Å². The first-order valence-corrected chi connectivity index (χ1v) is 7.99. The lowest BCUT2D eigenvalue weighted by Gasteiger charge is -2.24. The smallest absolute Gasteiger partial charge is 0.410 e. The minimum atomic E-state index is -0.507. The zero-order chi connectivity index (χ0) is 17.9. The van der Waals surface area contributed by atoms with Gasteiger partial charge >= 0.3 is 12.1 Å². The van der Waals surface area contributed by atoms with Crippen LogP contribution in [0.3, 0.4) is 0 Å². The first kappa shape index (κ1) is 18.1. The third-order valence-electron chi connectivity index (χ3n) is 3.94. The normalized spacial score (nSPS) is 17.5.